The highest BCUT2D eigenvalue weighted by atomic mass is 16.6. The summed E-state index contributed by atoms with van der Waals surface area (Å²) in [5, 5.41) is 24.1. The highest BCUT2D eigenvalue weighted by Gasteiger charge is 2.22. The van der Waals surface area contributed by atoms with Crippen molar-refractivity contribution >= 4 is 17.6 Å². The molecule has 0 saturated carbocycles. The largest absolute Gasteiger partial charge is 0.507 e. The Balaban J connectivity index is 1.92. The highest BCUT2D eigenvalue weighted by Crippen LogP contribution is 2.42. The number of methoxy groups -OCH3 is 1. The molecule has 33 heavy (non-hydrogen) atoms. The number of rotatable bonds is 6. The third-order valence-electron chi connectivity index (χ3n) is 4.91. The van der Waals surface area contributed by atoms with E-state index in [1.807, 2.05) is 6.07 Å². The second kappa shape index (κ2) is 8.83. The zero-order valence-electron chi connectivity index (χ0n) is 17.7. The molecule has 4 aromatic rings. The van der Waals surface area contributed by atoms with Gasteiger partial charge in [0.2, 0.25) is 5.91 Å². The van der Waals surface area contributed by atoms with Crippen LogP contribution < -0.4 is 10.1 Å². The van der Waals surface area contributed by atoms with Gasteiger partial charge in [-0.05, 0) is 23.8 Å². The topological polar surface area (TPSA) is 128 Å². The van der Waals surface area contributed by atoms with Gasteiger partial charge in [-0.1, -0.05) is 36.4 Å². The normalized spacial score (nSPS) is 10.6. The number of phenols is 1. The standard InChI is InChI=1S/C24H19N3O6/c1-14(28)25-24-26-22(15-6-5-7-17(12-15)32-2)23(33-24)20-9-4-3-8-18(20)19-11-10-16(27(30)31)13-21(19)29/h3-13,29H,1-2H3,(H,25,26,28). The first-order valence-corrected chi connectivity index (χ1v) is 9.87. The van der Waals surface area contributed by atoms with E-state index in [1.54, 1.807) is 49.6 Å². The Labute approximate surface area is 188 Å². The number of nitro groups is 1. The Hall–Kier alpha value is -4.66. The summed E-state index contributed by atoms with van der Waals surface area (Å²) >= 11 is 0. The molecular formula is C24H19N3O6. The smallest absolute Gasteiger partial charge is 0.302 e. The van der Waals surface area contributed by atoms with E-state index < -0.39 is 4.92 Å². The van der Waals surface area contributed by atoms with Gasteiger partial charge in [-0.15, -0.1) is 0 Å². The minimum Gasteiger partial charge on any atom is -0.507 e. The molecule has 4 rings (SSSR count). The van der Waals surface area contributed by atoms with Crippen LogP contribution in [0.15, 0.2) is 71.1 Å². The van der Waals surface area contributed by atoms with E-state index in [-0.39, 0.29) is 23.4 Å². The Morgan fingerprint density at radius 1 is 1.06 bits per heavy atom. The molecule has 166 valence electrons. The summed E-state index contributed by atoms with van der Waals surface area (Å²) < 4.78 is 11.2. The fourth-order valence-corrected chi connectivity index (χ4v) is 3.45. The molecule has 1 heterocycles. The van der Waals surface area contributed by atoms with Crippen LogP contribution in [0.1, 0.15) is 6.92 Å². The molecule has 0 fully saturated rings. The summed E-state index contributed by atoms with van der Waals surface area (Å²) in [5.74, 6) is 0.367. The van der Waals surface area contributed by atoms with Crippen LogP contribution in [-0.4, -0.2) is 28.0 Å². The van der Waals surface area contributed by atoms with E-state index >= 15 is 0 Å². The molecule has 1 amide bonds. The maximum absolute atomic E-state index is 11.6. The molecule has 0 spiro atoms. The van der Waals surface area contributed by atoms with Crippen molar-refractivity contribution < 1.29 is 24.0 Å². The first-order chi connectivity index (χ1) is 15.9. The molecular weight excluding hydrogens is 426 g/mol. The number of hydrogen-bond acceptors (Lipinski definition) is 7. The lowest BCUT2D eigenvalue weighted by molar-refractivity contribution is -0.384. The van der Waals surface area contributed by atoms with E-state index in [2.05, 4.69) is 10.3 Å². The number of hydrogen-bond donors (Lipinski definition) is 2. The third kappa shape index (κ3) is 4.38. The van der Waals surface area contributed by atoms with E-state index in [9.17, 15) is 20.0 Å². The summed E-state index contributed by atoms with van der Waals surface area (Å²) in [4.78, 5) is 26.6. The Morgan fingerprint density at radius 3 is 2.48 bits per heavy atom. The van der Waals surface area contributed by atoms with Crippen molar-refractivity contribution in [2.45, 2.75) is 6.92 Å². The molecule has 0 atom stereocenters. The average molecular weight is 445 g/mol. The number of anilines is 1. The van der Waals surface area contributed by atoms with Crippen molar-refractivity contribution in [2.75, 3.05) is 12.4 Å². The molecule has 9 nitrogen and oxygen atoms in total. The van der Waals surface area contributed by atoms with E-state index in [1.165, 1.54) is 19.1 Å². The predicted molar refractivity (Wildman–Crippen MR) is 122 cm³/mol. The SMILES string of the molecule is COc1cccc(-c2nc(NC(C)=O)oc2-c2ccccc2-c2ccc([N+](=O)[O-])cc2O)c1. The Kier molecular flexibility index (Phi) is 5.77. The summed E-state index contributed by atoms with van der Waals surface area (Å²) in [6, 6.07) is 18.2. The van der Waals surface area contributed by atoms with Gasteiger partial charge in [-0.25, -0.2) is 0 Å². The molecule has 2 N–H and O–H groups in total. The van der Waals surface area contributed by atoms with Crippen LogP contribution in [0, 0.1) is 10.1 Å². The lowest BCUT2D eigenvalue weighted by Crippen LogP contribution is -2.05. The first kappa shape index (κ1) is 21.6. The third-order valence-corrected chi connectivity index (χ3v) is 4.91. The number of carbonyl (C=O) groups excluding carboxylic acids is 1. The number of carbonyl (C=O) groups is 1. The monoisotopic (exact) mass is 445 g/mol. The molecule has 0 aliphatic rings. The quantitative estimate of drug-likeness (QED) is 0.306. The minimum absolute atomic E-state index is 0.0121. The first-order valence-electron chi connectivity index (χ1n) is 9.87. The number of oxazole rings is 1. The lowest BCUT2D eigenvalue weighted by atomic mass is 9.95. The van der Waals surface area contributed by atoms with E-state index in [0.29, 0.717) is 39.5 Å². The van der Waals surface area contributed by atoms with E-state index in [0.717, 1.165) is 6.07 Å². The van der Waals surface area contributed by atoms with E-state index in [4.69, 9.17) is 9.15 Å². The molecule has 0 unspecified atom stereocenters. The molecule has 0 saturated heterocycles. The molecule has 0 aliphatic heterocycles. The van der Waals surface area contributed by atoms with Crippen LogP contribution in [0.5, 0.6) is 11.5 Å². The van der Waals surface area contributed by atoms with Crippen LogP contribution >= 0.6 is 0 Å². The van der Waals surface area contributed by atoms with Crippen molar-refractivity contribution in [1.29, 1.82) is 0 Å². The lowest BCUT2D eigenvalue weighted by Gasteiger charge is -2.11. The summed E-state index contributed by atoms with van der Waals surface area (Å²) in [6.45, 7) is 1.35. The van der Waals surface area contributed by atoms with Gasteiger partial charge in [0.05, 0.1) is 18.1 Å². The number of nitro benzene ring substituents is 1. The number of phenolic OH excluding ortho intramolecular Hbond substituents is 1. The van der Waals surface area contributed by atoms with Crippen LogP contribution in [0.4, 0.5) is 11.7 Å². The molecule has 0 radical (unpaired) electrons. The van der Waals surface area contributed by atoms with Gasteiger partial charge in [-0.2, -0.15) is 4.98 Å². The van der Waals surface area contributed by atoms with Gasteiger partial charge in [-0.3, -0.25) is 20.2 Å². The van der Waals surface area contributed by atoms with Gasteiger partial charge in [0, 0.05) is 29.7 Å². The van der Waals surface area contributed by atoms with Crippen molar-refractivity contribution in [2.24, 2.45) is 0 Å². The number of benzene rings is 3. The zero-order valence-corrected chi connectivity index (χ0v) is 17.7. The van der Waals surface area contributed by atoms with Crippen molar-refractivity contribution in [3.05, 3.63) is 76.8 Å². The molecule has 9 heteroatoms. The number of ether oxygens (including phenoxy) is 1. The van der Waals surface area contributed by atoms with Crippen molar-refractivity contribution in [3.8, 4) is 45.2 Å². The van der Waals surface area contributed by atoms with Gasteiger partial charge < -0.3 is 14.3 Å². The number of aromatic nitrogens is 1. The fraction of sp³-hybridized carbons (Fsp3) is 0.0833. The number of nitrogens with one attached hydrogen (secondary N) is 1. The van der Waals surface area contributed by atoms with Gasteiger partial charge in [0.1, 0.15) is 17.2 Å². The highest BCUT2D eigenvalue weighted by molar-refractivity contribution is 5.92. The van der Waals surface area contributed by atoms with Crippen LogP contribution in [0.3, 0.4) is 0 Å². The maximum Gasteiger partial charge on any atom is 0.302 e. The maximum atomic E-state index is 11.6. The number of nitrogens with zero attached hydrogens (tertiary/aromatic N) is 2. The van der Waals surface area contributed by atoms with Crippen molar-refractivity contribution in [3.63, 3.8) is 0 Å². The zero-order chi connectivity index (χ0) is 23.5. The van der Waals surface area contributed by atoms with Crippen LogP contribution in [-0.2, 0) is 4.79 Å². The second-order valence-corrected chi connectivity index (χ2v) is 7.11. The Morgan fingerprint density at radius 2 is 1.82 bits per heavy atom. The second-order valence-electron chi connectivity index (χ2n) is 7.11. The van der Waals surface area contributed by atoms with Gasteiger partial charge in [0.15, 0.2) is 5.76 Å². The number of amides is 1. The number of aromatic hydroxyl groups is 1. The predicted octanol–water partition coefficient (Wildman–Crippen LogP) is 5.26. The average Bonchev–Trinajstić information content (AvgIpc) is 3.22. The molecule has 1 aromatic heterocycles. The molecule has 0 bridgehead atoms. The van der Waals surface area contributed by atoms with Gasteiger partial charge in [0.25, 0.3) is 5.69 Å². The van der Waals surface area contributed by atoms with Gasteiger partial charge >= 0.3 is 6.01 Å². The minimum atomic E-state index is -0.577. The van der Waals surface area contributed by atoms with Crippen molar-refractivity contribution in [1.82, 2.24) is 4.98 Å². The number of non-ortho nitro benzene ring substituents is 1. The summed E-state index contributed by atoms with van der Waals surface area (Å²) in [6.07, 6.45) is 0. The Bertz CT molecular complexity index is 1360. The fourth-order valence-electron chi connectivity index (χ4n) is 3.45. The van der Waals surface area contributed by atoms with Crippen LogP contribution in [0.25, 0.3) is 33.7 Å². The summed E-state index contributed by atoms with van der Waals surface area (Å²) in [7, 11) is 1.55. The molecule has 3 aromatic carbocycles. The van der Waals surface area contributed by atoms with Crippen LogP contribution in [0.2, 0.25) is 0 Å². The summed E-state index contributed by atoms with van der Waals surface area (Å²) in [5.41, 5.74) is 2.44. The molecule has 0 aliphatic carbocycles.